The van der Waals surface area contributed by atoms with Gasteiger partial charge >= 0.3 is 0 Å². The third-order valence-electron chi connectivity index (χ3n) is 4.38. The first kappa shape index (κ1) is 17.6. The lowest BCUT2D eigenvalue weighted by Crippen LogP contribution is -2.36. The SMILES string of the molecule is CC(CC(=O)NCCc1ccc(Cl)cc1Cl)C1CCCNC1. The maximum absolute atomic E-state index is 12.0. The fraction of sp³-hybridized carbons (Fsp3) is 0.588. The van der Waals surface area contributed by atoms with Crippen molar-refractivity contribution in [3.05, 3.63) is 33.8 Å². The second-order valence-electron chi connectivity index (χ2n) is 6.12. The van der Waals surface area contributed by atoms with E-state index < -0.39 is 0 Å². The number of hydrogen-bond donors (Lipinski definition) is 2. The molecule has 0 aromatic heterocycles. The number of amides is 1. The first-order valence-corrected chi connectivity index (χ1v) is 8.73. The van der Waals surface area contributed by atoms with Gasteiger partial charge in [0.05, 0.1) is 0 Å². The van der Waals surface area contributed by atoms with Crippen LogP contribution in [0.2, 0.25) is 10.0 Å². The van der Waals surface area contributed by atoms with E-state index >= 15 is 0 Å². The molecule has 2 atom stereocenters. The molecule has 1 saturated heterocycles. The van der Waals surface area contributed by atoms with E-state index in [0.29, 0.717) is 34.8 Å². The molecule has 0 saturated carbocycles. The standard InChI is InChI=1S/C17H24Cl2N2O/c1-12(14-3-2-7-20-11-14)9-17(22)21-8-6-13-4-5-15(18)10-16(13)19/h4-5,10,12,14,20H,2-3,6-9,11H2,1H3,(H,21,22). The Bertz CT molecular complexity index is 501. The van der Waals surface area contributed by atoms with Crippen molar-refractivity contribution in [2.24, 2.45) is 11.8 Å². The van der Waals surface area contributed by atoms with Gasteiger partial charge in [0, 0.05) is 23.0 Å². The lowest BCUT2D eigenvalue weighted by atomic mass is 9.85. The van der Waals surface area contributed by atoms with Crippen LogP contribution in [0.3, 0.4) is 0 Å². The van der Waals surface area contributed by atoms with Gasteiger partial charge in [0.2, 0.25) is 5.91 Å². The molecule has 1 heterocycles. The number of halogens is 2. The summed E-state index contributed by atoms with van der Waals surface area (Å²) in [7, 11) is 0. The molecule has 3 nitrogen and oxygen atoms in total. The van der Waals surface area contributed by atoms with Crippen LogP contribution >= 0.6 is 23.2 Å². The Hall–Kier alpha value is -0.770. The molecule has 122 valence electrons. The molecule has 1 fully saturated rings. The highest BCUT2D eigenvalue weighted by Crippen LogP contribution is 2.23. The summed E-state index contributed by atoms with van der Waals surface area (Å²) in [6.45, 7) is 4.93. The number of rotatable bonds is 6. The molecule has 2 rings (SSSR count). The third kappa shape index (κ3) is 5.45. The zero-order valence-corrected chi connectivity index (χ0v) is 14.5. The molecule has 2 N–H and O–H groups in total. The van der Waals surface area contributed by atoms with Crippen molar-refractivity contribution in [2.45, 2.75) is 32.6 Å². The summed E-state index contributed by atoms with van der Waals surface area (Å²) >= 11 is 12.0. The summed E-state index contributed by atoms with van der Waals surface area (Å²) in [5, 5.41) is 7.69. The number of carbonyl (C=O) groups is 1. The molecule has 1 aromatic rings. The van der Waals surface area contributed by atoms with Crippen molar-refractivity contribution in [3.8, 4) is 0 Å². The molecule has 1 aliphatic rings. The highest BCUT2D eigenvalue weighted by molar-refractivity contribution is 6.35. The molecule has 0 bridgehead atoms. The van der Waals surface area contributed by atoms with E-state index in [9.17, 15) is 4.79 Å². The zero-order valence-electron chi connectivity index (χ0n) is 13.0. The number of nitrogens with one attached hydrogen (secondary N) is 2. The average Bonchev–Trinajstić information content (AvgIpc) is 2.50. The molecular formula is C17H24Cl2N2O. The maximum atomic E-state index is 12.0. The van der Waals surface area contributed by atoms with E-state index in [1.165, 1.54) is 12.8 Å². The highest BCUT2D eigenvalue weighted by Gasteiger charge is 2.21. The fourth-order valence-electron chi connectivity index (χ4n) is 2.96. The van der Waals surface area contributed by atoms with Gasteiger partial charge in [0.1, 0.15) is 0 Å². The molecule has 0 aliphatic carbocycles. The van der Waals surface area contributed by atoms with Crippen molar-refractivity contribution in [3.63, 3.8) is 0 Å². The van der Waals surface area contributed by atoms with Gasteiger partial charge in [-0.3, -0.25) is 4.79 Å². The Labute approximate surface area is 142 Å². The number of piperidine rings is 1. The van der Waals surface area contributed by atoms with Crippen LogP contribution in [0.15, 0.2) is 18.2 Å². The van der Waals surface area contributed by atoms with E-state index in [-0.39, 0.29) is 5.91 Å². The largest absolute Gasteiger partial charge is 0.356 e. The number of hydrogen-bond acceptors (Lipinski definition) is 2. The molecule has 0 spiro atoms. The molecule has 2 unspecified atom stereocenters. The Morgan fingerprint density at radius 1 is 1.45 bits per heavy atom. The van der Waals surface area contributed by atoms with Gasteiger partial charge in [-0.15, -0.1) is 0 Å². The van der Waals surface area contributed by atoms with Crippen molar-refractivity contribution in [1.82, 2.24) is 10.6 Å². The normalized spacial score (nSPS) is 19.7. The van der Waals surface area contributed by atoms with Crippen LogP contribution in [0.4, 0.5) is 0 Å². The van der Waals surface area contributed by atoms with Crippen molar-refractivity contribution in [2.75, 3.05) is 19.6 Å². The van der Waals surface area contributed by atoms with E-state index in [4.69, 9.17) is 23.2 Å². The maximum Gasteiger partial charge on any atom is 0.220 e. The summed E-state index contributed by atoms with van der Waals surface area (Å²) in [6.07, 6.45) is 3.76. The van der Waals surface area contributed by atoms with Crippen LogP contribution in [0.1, 0.15) is 31.7 Å². The van der Waals surface area contributed by atoms with Crippen LogP contribution in [-0.4, -0.2) is 25.5 Å². The first-order valence-electron chi connectivity index (χ1n) is 7.97. The topological polar surface area (TPSA) is 41.1 Å². The van der Waals surface area contributed by atoms with E-state index in [1.807, 2.05) is 12.1 Å². The second-order valence-corrected chi connectivity index (χ2v) is 6.97. The summed E-state index contributed by atoms with van der Waals surface area (Å²) in [5.41, 5.74) is 1.01. The van der Waals surface area contributed by atoms with E-state index in [2.05, 4.69) is 17.6 Å². The average molecular weight is 343 g/mol. The van der Waals surface area contributed by atoms with Gasteiger partial charge < -0.3 is 10.6 Å². The van der Waals surface area contributed by atoms with Crippen LogP contribution in [0, 0.1) is 11.8 Å². The van der Waals surface area contributed by atoms with Gasteiger partial charge in [-0.05, 0) is 61.9 Å². The second kappa shape index (κ2) is 8.76. The fourth-order valence-corrected chi connectivity index (χ4v) is 3.46. The molecule has 1 aliphatic heterocycles. The molecule has 1 aromatic carbocycles. The Morgan fingerprint density at radius 2 is 2.27 bits per heavy atom. The van der Waals surface area contributed by atoms with Crippen LogP contribution in [-0.2, 0) is 11.2 Å². The van der Waals surface area contributed by atoms with Crippen molar-refractivity contribution >= 4 is 29.1 Å². The third-order valence-corrected chi connectivity index (χ3v) is 4.97. The quantitative estimate of drug-likeness (QED) is 0.827. The Kier molecular flexibility index (Phi) is 7.00. The Morgan fingerprint density at radius 3 is 2.95 bits per heavy atom. The molecular weight excluding hydrogens is 319 g/mol. The van der Waals surface area contributed by atoms with Gasteiger partial charge in [-0.2, -0.15) is 0 Å². The van der Waals surface area contributed by atoms with Gasteiger partial charge in [0.25, 0.3) is 0 Å². The number of carbonyl (C=O) groups excluding carboxylic acids is 1. The lowest BCUT2D eigenvalue weighted by Gasteiger charge is -2.28. The smallest absolute Gasteiger partial charge is 0.220 e. The molecule has 22 heavy (non-hydrogen) atoms. The highest BCUT2D eigenvalue weighted by atomic mass is 35.5. The summed E-state index contributed by atoms with van der Waals surface area (Å²) < 4.78 is 0. The minimum Gasteiger partial charge on any atom is -0.356 e. The van der Waals surface area contributed by atoms with Crippen molar-refractivity contribution in [1.29, 1.82) is 0 Å². The van der Waals surface area contributed by atoms with Gasteiger partial charge in [-0.1, -0.05) is 36.2 Å². The van der Waals surface area contributed by atoms with Crippen LogP contribution in [0.5, 0.6) is 0 Å². The molecule has 0 radical (unpaired) electrons. The first-order chi connectivity index (χ1) is 10.6. The lowest BCUT2D eigenvalue weighted by molar-refractivity contribution is -0.122. The minimum atomic E-state index is 0.128. The van der Waals surface area contributed by atoms with Crippen LogP contribution in [0.25, 0.3) is 0 Å². The predicted molar refractivity (Wildman–Crippen MR) is 92.6 cm³/mol. The molecule has 5 heteroatoms. The summed E-state index contributed by atoms with van der Waals surface area (Å²) in [4.78, 5) is 12.0. The van der Waals surface area contributed by atoms with Gasteiger partial charge in [-0.25, -0.2) is 0 Å². The van der Waals surface area contributed by atoms with E-state index in [1.54, 1.807) is 6.07 Å². The summed E-state index contributed by atoms with van der Waals surface area (Å²) in [6, 6.07) is 5.47. The van der Waals surface area contributed by atoms with Crippen LogP contribution < -0.4 is 10.6 Å². The zero-order chi connectivity index (χ0) is 15.9. The number of benzene rings is 1. The summed E-state index contributed by atoms with van der Waals surface area (Å²) in [5.74, 6) is 1.17. The monoisotopic (exact) mass is 342 g/mol. The van der Waals surface area contributed by atoms with Gasteiger partial charge in [0.15, 0.2) is 0 Å². The van der Waals surface area contributed by atoms with E-state index in [0.717, 1.165) is 25.1 Å². The predicted octanol–water partition coefficient (Wildman–Crippen LogP) is 3.68. The minimum absolute atomic E-state index is 0.128. The van der Waals surface area contributed by atoms with Crippen molar-refractivity contribution < 1.29 is 4.79 Å². The Balaban J connectivity index is 1.71. The molecule has 1 amide bonds.